The summed E-state index contributed by atoms with van der Waals surface area (Å²) >= 11 is 5.81. The van der Waals surface area contributed by atoms with Gasteiger partial charge in [-0.1, -0.05) is 24.9 Å². The molecule has 1 N–H and O–H groups in total. The minimum Gasteiger partial charge on any atom is -0.382 e. The average Bonchev–Trinajstić information content (AvgIpc) is 2.30. The van der Waals surface area contributed by atoms with E-state index in [4.69, 9.17) is 11.6 Å². The first-order valence-electron chi connectivity index (χ1n) is 6.26. The summed E-state index contributed by atoms with van der Waals surface area (Å²) in [6.45, 7) is 1.29. The van der Waals surface area contributed by atoms with Gasteiger partial charge in [0.25, 0.3) is 5.56 Å². The van der Waals surface area contributed by atoms with Crippen molar-refractivity contribution in [3.05, 3.63) is 21.6 Å². The van der Waals surface area contributed by atoms with Crippen LogP contribution in [-0.4, -0.2) is 22.5 Å². The Labute approximate surface area is 118 Å². The standard InChI is InChI=1S/C12H15ClF3N3O/c1-11(3-2-4-11)6-17-8-5-18-19(7-12(14,15)16)10(20)9(8)13/h5,17H,2-4,6-7H2,1H3. The number of nitrogens with one attached hydrogen (secondary N) is 1. The molecule has 1 aliphatic rings. The lowest BCUT2D eigenvalue weighted by Gasteiger charge is -2.38. The maximum atomic E-state index is 12.3. The summed E-state index contributed by atoms with van der Waals surface area (Å²) in [7, 11) is 0. The summed E-state index contributed by atoms with van der Waals surface area (Å²) < 4.78 is 37.1. The first-order valence-corrected chi connectivity index (χ1v) is 6.64. The van der Waals surface area contributed by atoms with Crippen LogP contribution in [0.3, 0.4) is 0 Å². The molecule has 1 heterocycles. The number of nitrogens with zero attached hydrogens (tertiary/aromatic N) is 2. The molecule has 1 aromatic rings. The van der Waals surface area contributed by atoms with Crippen molar-refractivity contribution in [3.8, 4) is 0 Å². The van der Waals surface area contributed by atoms with Crippen LogP contribution in [0.25, 0.3) is 0 Å². The highest BCUT2D eigenvalue weighted by molar-refractivity contribution is 6.32. The molecule has 0 saturated heterocycles. The fourth-order valence-electron chi connectivity index (χ4n) is 2.14. The predicted octanol–water partition coefficient (Wildman–Crippen LogP) is 3.06. The van der Waals surface area contributed by atoms with Crippen molar-refractivity contribution in [1.82, 2.24) is 9.78 Å². The van der Waals surface area contributed by atoms with Crippen molar-refractivity contribution >= 4 is 17.3 Å². The molecule has 1 aromatic heterocycles. The highest BCUT2D eigenvalue weighted by Crippen LogP contribution is 2.40. The maximum absolute atomic E-state index is 12.3. The zero-order valence-electron chi connectivity index (χ0n) is 10.9. The lowest BCUT2D eigenvalue weighted by atomic mass is 9.70. The van der Waals surface area contributed by atoms with Crippen LogP contribution in [0.2, 0.25) is 5.02 Å². The molecule has 1 fully saturated rings. The van der Waals surface area contributed by atoms with E-state index in [-0.39, 0.29) is 16.1 Å². The van der Waals surface area contributed by atoms with E-state index in [1.807, 2.05) is 0 Å². The number of rotatable bonds is 4. The largest absolute Gasteiger partial charge is 0.408 e. The third kappa shape index (κ3) is 3.45. The summed E-state index contributed by atoms with van der Waals surface area (Å²) in [4.78, 5) is 11.7. The fraction of sp³-hybridized carbons (Fsp3) is 0.667. The van der Waals surface area contributed by atoms with Crippen LogP contribution < -0.4 is 10.9 Å². The molecule has 112 valence electrons. The Morgan fingerprint density at radius 2 is 2.15 bits per heavy atom. The number of anilines is 1. The van der Waals surface area contributed by atoms with Crippen molar-refractivity contribution in [2.45, 2.75) is 38.9 Å². The molecule has 4 nitrogen and oxygen atoms in total. The number of aromatic nitrogens is 2. The van der Waals surface area contributed by atoms with E-state index in [9.17, 15) is 18.0 Å². The molecule has 0 radical (unpaired) electrons. The van der Waals surface area contributed by atoms with E-state index < -0.39 is 18.3 Å². The third-order valence-corrected chi connectivity index (χ3v) is 3.95. The monoisotopic (exact) mass is 309 g/mol. The molecule has 1 saturated carbocycles. The normalized spacial score (nSPS) is 17.6. The molecular weight excluding hydrogens is 295 g/mol. The molecule has 0 aliphatic heterocycles. The van der Waals surface area contributed by atoms with E-state index in [0.29, 0.717) is 11.2 Å². The van der Waals surface area contributed by atoms with Crippen LogP contribution in [0.5, 0.6) is 0 Å². The lowest BCUT2D eigenvalue weighted by molar-refractivity contribution is -0.143. The predicted molar refractivity (Wildman–Crippen MR) is 70.0 cm³/mol. The second-order valence-corrected chi connectivity index (χ2v) is 5.85. The van der Waals surface area contributed by atoms with Crippen LogP contribution >= 0.6 is 11.6 Å². The quantitative estimate of drug-likeness (QED) is 0.930. The van der Waals surface area contributed by atoms with E-state index >= 15 is 0 Å². The van der Waals surface area contributed by atoms with Gasteiger partial charge < -0.3 is 5.32 Å². The maximum Gasteiger partial charge on any atom is 0.408 e. The molecule has 0 bridgehead atoms. The second kappa shape index (κ2) is 5.27. The van der Waals surface area contributed by atoms with Gasteiger partial charge in [0.2, 0.25) is 0 Å². The molecule has 8 heteroatoms. The summed E-state index contributed by atoms with van der Waals surface area (Å²) in [5, 5.41) is 6.25. The van der Waals surface area contributed by atoms with Crippen LogP contribution in [0.15, 0.2) is 11.0 Å². The summed E-state index contributed by atoms with van der Waals surface area (Å²) in [5.74, 6) is 0. The highest BCUT2D eigenvalue weighted by atomic mass is 35.5. The van der Waals surface area contributed by atoms with E-state index in [1.54, 1.807) is 0 Å². The summed E-state index contributed by atoms with van der Waals surface area (Å²) in [6, 6.07) is 0. The lowest BCUT2D eigenvalue weighted by Crippen LogP contribution is -2.34. The SMILES string of the molecule is CC1(CNc2cnn(CC(F)(F)F)c(=O)c2Cl)CCC1. The Hall–Kier alpha value is -1.24. The van der Waals surface area contributed by atoms with Gasteiger partial charge in [0.1, 0.15) is 11.6 Å². The third-order valence-electron chi connectivity index (χ3n) is 3.58. The van der Waals surface area contributed by atoms with Gasteiger partial charge in [-0.15, -0.1) is 0 Å². The molecule has 0 atom stereocenters. The number of hydrogen-bond donors (Lipinski definition) is 1. The molecule has 0 aromatic carbocycles. The Kier molecular flexibility index (Phi) is 4.00. The van der Waals surface area contributed by atoms with E-state index in [1.165, 1.54) is 0 Å². The van der Waals surface area contributed by atoms with Gasteiger partial charge >= 0.3 is 6.18 Å². The topological polar surface area (TPSA) is 46.9 Å². The molecular formula is C12H15ClF3N3O. The number of alkyl halides is 3. The van der Waals surface area contributed by atoms with Crippen molar-refractivity contribution in [2.24, 2.45) is 5.41 Å². The molecule has 2 rings (SSSR count). The Bertz CT molecular complexity index is 552. The highest BCUT2D eigenvalue weighted by Gasteiger charge is 2.32. The summed E-state index contributed by atoms with van der Waals surface area (Å²) in [5.41, 5.74) is -0.500. The van der Waals surface area contributed by atoms with Crippen LogP contribution in [0.4, 0.5) is 18.9 Å². The van der Waals surface area contributed by atoms with Crippen molar-refractivity contribution in [2.75, 3.05) is 11.9 Å². The Balaban J connectivity index is 2.12. The van der Waals surface area contributed by atoms with Gasteiger partial charge in [-0.05, 0) is 18.3 Å². The average molecular weight is 310 g/mol. The van der Waals surface area contributed by atoms with Gasteiger partial charge in [-0.2, -0.15) is 18.3 Å². The zero-order valence-corrected chi connectivity index (χ0v) is 11.7. The van der Waals surface area contributed by atoms with Crippen molar-refractivity contribution in [3.63, 3.8) is 0 Å². The number of hydrogen-bond acceptors (Lipinski definition) is 3. The molecule has 0 amide bonds. The van der Waals surface area contributed by atoms with E-state index in [2.05, 4.69) is 17.3 Å². The first-order chi connectivity index (χ1) is 9.20. The second-order valence-electron chi connectivity index (χ2n) is 5.47. The Morgan fingerprint density at radius 3 is 2.65 bits per heavy atom. The smallest absolute Gasteiger partial charge is 0.382 e. The minimum atomic E-state index is -4.51. The number of halogens is 4. The van der Waals surface area contributed by atoms with Gasteiger partial charge in [-0.3, -0.25) is 4.79 Å². The van der Waals surface area contributed by atoms with Crippen LogP contribution in [-0.2, 0) is 6.54 Å². The summed E-state index contributed by atoms with van der Waals surface area (Å²) in [6.07, 6.45) is -0.0181. The van der Waals surface area contributed by atoms with Crippen molar-refractivity contribution in [1.29, 1.82) is 0 Å². The first kappa shape index (κ1) is 15.2. The van der Waals surface area contributed by atoms with Crippen LogP contribution in [0, 0.1) is 5.41 Å². The van der Waals surface area contributed by atoms with Gasteiger partial charge in [0.05, 0.1) is 11.9 Å². The van der Waals surface area contributed by atoms with Crippen molar-refractivity contribution < 1.29 is 13.2 Å². The van der Waals surface area contributed by atoms with Gasteiger partial charge in [0, 0.05) is 6.54 Å². The minimum absolute atomic E-state index is 0.157. The van der Waals surface area contributed by atoms with Gasteiger partial charge in [-0.25, -0.2) is 4.68 Å². The molecule has 0 unspecified atom stereocenters. The van der Waals surface area contributed by atoms with Crippen LogP contribution in [0.1, 0.15) is 26.2 Å². The molecule has 0 spiro atoms. The van der Waals surface area contributed by atoms with E-state index in [0.717, 1.165) is 25.5 Å². The Morgan fingerprint density at radius 1 is 1.50 bits per heavy atom. The zero-order chi connectivity index (χ0) is 15.0. The fourth-order valence-corrected chi connectivity index (χ4v) is 2.35. The molecule has 1 aliphatic carbocycles. The molecule has 20 heavy (non-hydrogen) atoms. The van der Waals surface area contributed by atoms with Gasteiger partial charge in [0.15, 0.2) is 0 Å².